The molecule has 20 heavy (non-hydrogen) atoms. The van der Waals surface area contributed by atoms with Crippen LogP contribution < -0.4 is 0 Å². The summed E-state index contributed by atoms with van der Waals surface area (Å²) in [7, 11) is 0. The molecular weight excluding hydrogens is 246 g/mol. The Balaban J connectivity index is 1.62. The number of rotatable bonds is 2. The van der Waals surface area contributed by atoms with Gasteiger partial charge in [0.2, 0.25) is 0 Å². The highest BCUT2D eigenvalue weighted by Crippen LogP contribution is 2.45. The van der Waals surface area contributed by atoms with Crippen molar-refractivity contribution in [1.29, 1.82) is 0 Å². The fraction of sp³-hybridized carbons (Fsp3) is 0.611. The van der Waals surface area contributed by atoms with Gasteiger partial charge in [-0.05, 0) is 43.7 Å². The summed E-state index contributed by atoms with van der Waals surface area (Å²) in [5.74, 6) is 1.54. The molecule has 2 aliphatic heterocycles. The molecule has 2 nitrogen and oxygen atoms in total. The van der Waals surface area contributed by atoms with Crippen LogP contribution in [0.4, 0.5) is 0 Å². The fourth-order valence-corrected chi connectivity index (χ4v) is 4.85. The second-order valence-corrected chi connectivity index (χ2v) is 6.83. The molecule has 4 atom stereocenters. The van der Waals surface area contributed by atoms with E-state index in [0.29, 0.717) is 29.7 Å². The second kappa shape index (κ2) is 5.00. The SMILES string of the molecule is O=C1C[C@@H]2C[C@H]1[C@@H]1CCCCN1[C@@H]2Cc1ccccc1. The average Bonchev–Trinajstić information content (AvgIpc) is 2.83. The fourth-order valence-electron chi connectivity index (χ4n) is 4.85. The predicted octanol–water partition coefficient (Wildman–Crippen LogP) is 3.06. The first-order valence-electron chi connectivity index (χ1n) is 8.15. The van der Waals surface area contributed by atoms with Crippen LogP contribution in [-0.4, -0.2) is 29.3 Å². The Morgan fingerprint density at radius 2 is 2.00 bits per heavy atom. The maximum Gasteiger partial charge on any atom is 0.137 e. The summed E-state index contributed by atoms with van der Waals surface area (Å²) in [6, 6.07) is 12.0. The van der Waals surface area contributed by atoms with Gasteiger partial charge in [0.1, 0.15) is 5.78 Å². The number of ketones is 1. The second-order valence-electron chi connectivity index (χ2n) is 6.83. The van der Waals surface area contributed by atoms with Gasteiger partial charge in [0.25, 0.3) is 0 Å². The van der Waals surface area contributed by atoms with Crippen LogP contribution in [0.5, 0.6) is 0 Å². The van der Waals surface area contributed by atoms with Crippen LogP contribution in [-0.2, 0) is 11.2 Å². The molecule has 3 fully saturated rings. The standard InChI is InChI=1S/C18H23NO/c20-18-12-14-11-15(18)16-8-4-5-9-19(16)17(14)10-13-6-2-1-3-7-13/h1-3,6-7,14-17H,4-5,8-12H2/t14-,15-,16-,17+/m0/s1. The third-order valence-corrected chi connectivity index (χ3v) is 5.75. The number of benzene rings is 1. The van der Waals surface area contributed by atoms with Crippen molar-refractivity contribution >= 4 is 5.78 Å². The Bertz CT molecular complexity index is 497. The normalized spacial score (nSPS) is 36.9. The number of hydrogen-bond acceptors (Lipinski definition) is 2. The highest BCUT2D eigenvalue weighted by atomic mass is 16.1. The summed E-state index contributed by atoms with van der Waals surface area (Å²) in [6.07, 6.45) is 7.01. The largest absolute Gasteiger partial charge is 0.299 e. The first kappa shape index (κ1) is 12.6. The van der Waals surface area contributed by atoms with Crippen LogP contribution in [0.3, 0.4) is 0 Å². The zero-order chi connectivity index (χ0) is 13.5. The van der Waals surface area contributed by atoms with Crippen molar-refractivity contribution in [2.45, 2.75) is 50.6 Å². The van der Waals surface area contributed by atoms with Gasteiger partial charge in [0.05, 0.1) is 0 Å². The number of carbonyl (C=O) groups is 1. The van der Waals surface area contributed by atoms with Crippen LogP contribution in [0.1, 0.15) is 37.7 Å². The molecule has 2 heteroatoms. The Labute approximate surface area is 121 Å². The third-order valence-electron chi connectivity index (χ3n) is 5.75. The van der Waals surface area contributed by atoms with Crippen molar-refractivity contribution in [2.24, 2.45) is 11.8 Å². The quantitative estimate of drug-likeness (QED) is 0.822. The molecule has 2 bridgehead atoms. The monoisotopic (exact) mass is 269 g/mol. The van der Waals surface area contributed by atoms with Gasteiger partial charge in [0.15, 0.2) is 0 Å². The molecule has 2 saturated heterocycles. The van der Waals surface area contributed by atoms with E-state index in [1.54, 1.807) is 0 Å². The van der Waals surface area contributed by atoms with E-state index >= 15 is 0 Å². The van der Waals surface area contributed by atoms with Crippen molar-refractivity contribution in [3.63, 3.8) is 0 Å². The van der Waals surface area contributed by atoms with E-state index in [1.807, 2.05) is 0 Å². The molecule has 0 amide bonds. The van der Waals surface area contributed by atoms with Crippen molar-refractivity contribution in [3.8, 4) is 0 Å². The van der Waals surface area contributed by atoms with Crippen molar-refractivity contribution in [3.05, 3.63) is 35.9 Å². The first-order valence-corrected chi connectivity index (χ1v) is 8.15. The molecule has 1 aliphatic carbocycles. The van der Waals surface area contributed by atoms with Crippen LogP contribution in [0.15, 0.2) is 30.3 Å². The number of fused-ring (bicyclic) bond motifs is 4. The molecule has 4 rings (SSSR count). The molecule has 0 N–H and O–H groups in total. The molecule has 1 aromatic carbocycles. The minimum Gasteiger partial charge on any atom is -0.299 e. The lowest BCUT2D eigenvalue weighted by Gasteiger charge is -2.48. The molecule has 2 heterocycles. The summed E-state index contributed by atoms with van der Waals surface area (Å²) in [5.41, 5.74) is 1.43. The van der Waals surface area contributed by atoms with Gasteiger partial charge in [-0.3, -0.25) is 9.69 Å². The topological polar surface area (TPSA) is 20.3 Å². The van der Waals surface area contributed by atoms with E-state index in [-0.39, 0.29) is 0 Å². The van der Waals surface area contributed by atoms with Gasteiger partial charge in [-0.15, -0.1) is 0 Å². The molecule has 3 aliphatic rings. The van der Waals surface area contributed by atoms with E-state index in [1.165, 1.54) is 31.4 Å². The highest BCUT2D eigenvalue weighted by Gasteiger charge is 2.50. The summed E-state index contributed by atoms with van der Waals surface area (Å²) in [6.45, 7) is 1.21. The lowest BCUT2D eigenvalue weighted by atomic mass is 9.79. The maximum atomic E-state index is 12.3. The van der Waals surface area contributed by atoms with Crippen LogP contribution in [0.2, 0.25) is 0 Å². The molecule has 1 saturated carbocycles. The van der Waals surface area contributed by atoms with Crippen molar-refractivity contribution in [1.82, 2.24) is 4.90 Å². The Morgan fingerprint density at radius 3 is 2.85 bits per heavy atom. The number of nitrogens with zero attached hydrogens (tertiary/aromatic N) is 1. The van der Waals surface area contributed by atoms with E-state index in [0.717, 1.165) is 19.3 Å². The summed E-state index contributed by atoms with van der Waals surface area (Å²) < 4.78 is 0. The van der Waals surface area contributed by atoms with Crippen molar-refractivity contribution < 1.29 is 4.79 Å². The Morgan fingerprint density at radius 1 is 1.15 bits per heavy atom. The van der Waals surface area contributed by atoms with Gasteiger partial charge in [-0.2, -0.15) is 0 Å². The zero-order valence-corrected chi connectivity index (χ0v) is 12.0. The van der Waals surface area contributed by atoms with Crippen LogP contribution in [0.25, 0.3) is 0 Å². The number of carbonyl (C=O) groups excluding carboxylic acids is 1. The van der Waals surface area contributed by atoms with Crippen molar-refractivity contribution in [2.75, 3.05) is 6.54 Å². The summed E-state index contributed by atoms with van der Waals surface area (Å²) in [4.78, 5) is 15.0. The average molecular weight is 269 g/mol. The smallest absolute Gasteiger partial charge is 0.137 e. The lowest BCUT2D eigenvalue weighted by molar-refractivity contribution is -0.122. The van der Waals surface area contributed by atoms with E-state index in [2.05, 4.69) is 35.2 Å². The van der Waals surface area contributed by atoms with Gasteiger partial charge in [-0.25, -0.2) is 0 Å². The summed E-state index contributed by atoms with van der Waals surface area (Å²) in [5, 5.41) is 0. The van der Waals surface area contributed by atoms with E-state index in [9.17, 15) is 4.79 Å². The predicted molar refractivity (Wildman–Crippen MR) is 79.5 cm³/mol. The molecule has 0 radical (unpaired) electrons. The minimum atomic E-state index is 0.368. The van der Waals surface area contributed by atoms with Gasteiger partial charge < -0.3 is 0 Å². The zero-order valence-electron chi connectivity index (χ0n) is 12.0. The molecule has 0 spiro atoms. The molecule has 1 aromatic rings. The molecule has 0 unspecified atom stereocenters. The maximum absolute atomic E-state index is 12.3. The van der Waals surface area contributed by atoms with Gasteiger partial charge >= 0.3 is 0 Å². The lowest BCUT2D eigenvalue weighted by Crippen LogP contribution is -2.55. The van der Waals surface area contributed by atoms with E-state index in [4.69, 9.17) is 0 Å². The molecule has 0 aromatic heterocycles. The van der Waals surface area contributed by atoms with Crippen LogP contribution in [0, 0.1) is 11.8 Å². The molecular formula is C18H23NO. The van der Waals surface area contributed by atoms with E-state index < -0.39 is 0 Å². The first-order chi connectivity index (χ1) is 9.83. The highest BCUT2D eigenvalue weighted by molar-refractivity contribution is 5.84. The Kier molecular flexibility index (Phi) is 3.14. The number of Topliss-reactive ketones (excluding diaryl/α,β-unsaturated/α-hetero) is 1. The number of hydrogen-bond donors (Lipinski definition) is 0. The Hall–Kier alpha value is -1.15. The number of piperidine rings is 2. The summed E-state index contributed by atoms with van der Waals surface area (Å²) >= 11 is 0. The molecule has 106 valence electrons. The minimum absolute atomic E-state index is 0.368. The van der Waals surface area contributed by atoms with Gasteiger partial charge in [0, 0.05) is 24.4 Å². The van der Waals surface area contributed by atoms with Crippen LogP contribution >= 0.6 is 0 Å². The third kappa shape index (κ3) is 2.01. The van der Waals surface area contributed by atoms with Gasteiger partial charge in [-0.1, -0.05) is 36.8 Å².